The number of aliphatic hydroxyl groups is 1. The lowest BCUT2D eigenvalue weighted by atomic mass is 10.2. The Morgan fingerprint density at radius 2 is 1.96 bits per heavy atom. The molecule has 3 rings (SSSR count). The number of aromatic nitrogens is 4. The second kappa shape index (κ2) is 7.75. The third-order valence-corrected chi connectivity index (χ3v) is 4.30. The van der Waals surface area contributed by atoms with Crippen LogP contribution in [0.5, 0.6) is 0 Å². The number of nitrogens with zero attached hydrogens (tertiary/aromatic N) is 4. The Morgan fingerprint density at radius 1 is 1.17 bits per heavy atom. The lowest BCUT2D eigenvalue weighted by Gasteiger charge is -2.10. The molecule has 126 valence electrons. The normalized spacial score (nSPS) is 11.0. The highest BCUT2D eigenvalue weighted by molar-refractivity contribution is 14.1. The molecule has 0 saturated heterocycles. The van der Waals surface area contributed by atoms with Crippen molar-refractivity contribution >= 4 is 45.4 Å². The molecule has 0 atom stereocenters. The fourth-order valence-electron chi connectivity index (χ4n) is 2.30. The molecule has 0 fully saturated rings. The second-order valence-corrected chi connectivity index (χ2v) is 6.63. The third-order valence-electron chi connectivity index (χ3n) is 3.58. The number of halogens is 1. The number of hydrogen-bond acceptors (Lipinski definition) is 6. The van der Waals surface area contributed by atoms with Gasteiger partial charge in [-0.2, -0.15) is 15.1 Å². The van der Waals surface area contributed by atoms with Crippen molar-refractivity contribution in [3.8, 4) is 0 Å². The molecule has 0 bridgehead atoms. The zero-order valence-electron chi connectivity index (χ0n) is 13.3. The van der Waals surface area contributed by atoms with E-state index in [-0.39, 0.29) is 6.61 Å². The molecule has 0 unspecified atom stereocenters. The summed E-state index contributed by atoms with van der Waals surface area (Å²) in [7, 11) is 1.86. The highest BCUT2D eigenvalue weighted by Gasteiger charge is 2.11. The smallest absolute Gasteiger partial charge is 0.226 e. The maximum atomic E-state index is 8.90. The van der Waals surface area contributed by atoms with Gasteiger partial charge in [-0.15, -0.1) is 0 Å². The molecule has 0 radical (unpaired) electrons. The zero-order chi connectivity index (χ0) is 16.9. The Morgan fingerprint density at radius 3 is 2.71 bits per heavy atom. The molecule has 3 aromatic rings. The second-order valence-electron chi connectivity index (χ2n) is 5.39. The molecule has 1 aromatic carbocycles. The van der Waals surface area contributed by atoms with Crippen molar-refractivity contribution in [3.05, 3.63) is 39.6 Å². The van der Waals surface area contributed by atoms with Crippen LogP contribution in [0.25, 0.3) is 11.0 Å². The highest BCUT2D eigenvalue weighted by Crippen LogP contribution is 2.22. The van der Waals surface area contributed by atoms with Gasteiger partial charge >= 0.3 is 0 Å². The lowest BCUT2D eigenvalue weighted by Crippen LogP contribution is -2.10. The molecule has 7 nitrogen and oxygen atoms in total. The third kappa shape index (κ3) is 3.93. The highest BCUT2D eigenvalue weighted by atomic mass is 127. The van der Waals surface area contributed by atoms with Crippen molar-refractivity contribution in [1.29, 1.82) is 0 Å². The van der Waals surface area contributed by atoms with Crippen LogP contribution in [0.15, 0.2) is 30.5 Å². The Balaban J connectivity index is 1.83. The van der Waals surface area contributed by atoms with Crippen LogP contribution < -0.4 is 10.6 Å². The summed E-state index contributed by atoms with van der Waals surface area (Å²) in [4.78, 5) is 9.04. The maximum absolute atomic E-state index is 8.90. The van der Waals surface area contributed by atoms with Gasteiger partial charge in [0.2, 0.25) is 5.95 Å². The minimum absolute atomic E-state index is 0.138. The van der Waals surface area contributed by atoms with E-state index >= 15 is 0 Å². The first-order chi connectivity index (χ1) is 11.7. The summed E-state index contributed by atoms with van der Waals surface area (Å²) >= 11 is 2.29. The average Bonchev–Trinajstić information content (AvgIpc) is 2.96. The molecule has 0 aliphatic rings. The number of aliphatic hydroxyl groups excluding tert-OH is 1. The molecular weight excluding hydrogens is 419 g/mol. The molecule has 24 heavy (non-hydrogen) atoms. The van der Waals surface area contributed by atoms with E-state index in [0.717, 1.165) is 16.9 Å². The van der Waals surface area contributed by atoms with Gasteiger partial charge in [0.25, 0.3) is 0 Å². The fraction of sp³-hybridized carbons (Fsp3) is 0.312. The van der Waals surface area contributed by atoms with Crippen molar-refractivity contribution in [1.82, 2.24) is 19.7 Å². The summed E-state index contributed by atoms with van der Waals surface area (Å²) in [6.45, 7) is 1.43. The van der Waals surface area contributed by atoms with Gasteiger partial charge < -0.3 is 15.7 Å². The lowest BCUT2D eigenvalue weighted by molar-refractivity contribution is 0.292. The van der Waals surface area contributed by atoms with Gasteiger partial charge in [-0.3, -0.25) is 4.68 Å². The average molecular weight is 438 g/mol. The van der Waals surface area contributed by atoms with E-state index in [9.17, 15) is 0 Å². The van der Waals surface area contributed by atoms with Crippen molar-refractivity contribution in [2.24, 2.45) is 7.05 Å². The predicted octanol–water partition coefficient (Wildman–Crippen LogP) is 2.37. The van der Waals surface area contributed by atoms with E-state index in [1.54, 1.807) is 10.9 Å². The summed E-state index contributed by atoms with van der Waals surface area (Å²) in [6.07, 6.45) is 2.42. The Hall–Kier alpha value is -1.94. The van der Waals surface area contributed by atoms with E-state index in [0.29, 0.717) is 25.5 Å². The van der Waals surface area contributed by atoms with Gasteiger partial charge in [-0.25, -0.2) is 0 Å². The number of hydrogen-bond donors (Lipinski definition) is 3. The van der Waals surface area contributed by atoms with Crippen LogP contribution in [0.1, 0.15) is 12.0 Å². The summed E-state index contributed by atoms with van der Waals surface area (Å²) < 4.78 is 2.94. The first-order valence-electron chi connectivity index (χ1n) is 7.70. The van der Waals surface area contributed by atoms with Crippen molar-refractivity contribution < 1.29 is 5.11 Å². The van der Waals surface area contributed by atoms with Crippen LogP contribution in [-0.2, 0) is 13.6 Å². The standard InChI is InChI=1S/C16H19IN6O/c1-23-15-13(10-20-23)14(21-16(22-15)18-7-2-8-24)19-9-11-3-5-12(17)6-4-11/h3-6,10,24H,2,7-9H2,1H3,(H2,18,19,21,22). The number of aryl methyl sites for hydroxylation is 1. The Labute approximate surface area is 153 Å². The van der Waals surface area contributed by atoms with Crippen LogP contribution in [0, 0.1) is 3.57 Å². The van der Waals surface area contributed by atoms with Crippen molar-refractivity contribution in [2.75, 3.05) is 23.8 Å². The molecule has 2 heterocycles. The molecule has 2 aromatic heterocycles. The fourth-order valence-corrected chi connectivity index (χ4v) is 2.66. The van der Waals surface area contributed by atoms with E-state index in [1.807, 2.05) is 7.05 Å². The van der Waals surface area contributed by atoms with Crippen LogP contribution >= 0.6 is 22.6 Å². The van der Waals surface area contributed by atoms with Crippen molar-refractivity contribution in [3.63, 3.8) is 0 Å². The molecule has 0 aliphatic carbocycles. The molecule has 0 aliphatic heterocycles. The van der Waals surface area contributed by atoms with Crippen LogP contribution in [0.2, 0.25) is 0 Å². The largest absolute Gasteiger partial charge is 0.396 e. The summed E-state index contributed by atoms with van der Waals surface area (Å²) in [5.41, 5.74) is 1.95. The van der Waals surface area contributed by atoms with E-state index in [1.165, 1.54) is 9.13 Å². The predicted molar refractivity (Wildman–Crippen MR) is 103 cm³/mol. The number of benzene rings is 1. The van der Waals surface area contributed by atoms with Gasteiger partial charge in [0.1, 0.15) is 5.82 Å². The number of anilines is 2. The molecule has 3 N–H and O–H groups in total. The number of fused-ring (bicyclic) bond motifs is 1. The topological polar surface area (TPSA) is 87.9 Å². The molecule has 0 saturated carbocycles. The number of rotatable bonds is 7. The first-order valence-corrected chi connectivity index (χ1v) is 8.78. The zero-order valence-corrected chi connectivity index (χ0v) is 15.5. The number of nitrogens with one attached hydrogen (secondary N) is 2. The minimum atomic E-state index is 0.138. The summed E-state index contributed by atoms with van der Waals surface area (Å²) in [5, 5.41) is 20.6. The summed E-state index contributed by atoms with van der Waals surface area (Å²) in [6, 6.07) is 8.35. The minimum Gasteiger partial charge on any atom is -0.396 e. The van der Waals surface area contributed by atoms with Crippen LogP contribution in [0.4, 0.5) is 11.8 Å². The molecular formula is C16H19IN6O. The van der Waals surface area contributed by atoms with Gasteiger partial charge in [0.15, 0.2) is 5.65 Å². The molecule has 8 heteroatoms. The van der Waals surface area contributed by atoms with Crippen LogP contribution in [0.3, 0.4) is 0 Å². The molecule has 0 spiro atoms. The quantitative estimate of drug-likeness (QED) is 0.388. The van der Waals surface area contributed by atoms with Gasteiger partial charge in [0, 0.05) is 30.3 Å². The maximum Gasteiger partial charge on any atom is 0.226 e. The van der Waals surface area contributed by atoms with E-state index in [4.69, 9.17) is 5.11 Å². The summed E-state index contributed by atoms with van der Waals surface area (Å²) in [5.74, 6) is 1.28. The van der Waals surface area contributed by atoms with E-state index < -0.39 is 0 Å². The van der Waals surface area contributed by atoms with Gasteiger partial charge in [-0.05, 0) is 46.7 Å². The van der Waals surface area contributed by atoms with E-state index in [2.05, 4.69) is 72.6 Å². The van der Waals surface area contributed by atoms with Gasteiger partial charge in [-0.1, -0.05) is 12.1 Å². The Bertz CT molecular complexity index is 817. The molecule has 0 amide bonds. The SMILES string of the molecule is Cn1ncc2c(NCc3ccc(I)cc3)nc(NCCCO)nc21. The monoisotopic (exact) mass is 438 g/mol. The van der Waals surface area contributed by atoms with Gasteiger partial charge in [0.05, 0.1) is 11.6 Å². The first kappa shape index (κ1) is 16.9. The van der Waals surface area contributed by atoms with Crippen molar-refractivity contribution in [2.45, 2.75) is 13.0 Å². The van der Waals surface area contributed by atoms with Crippen LogP contribution in [-0.4, -0.2) is 38.0 Å². The Kier molecular flexibility index (Phi) is 5.46.